The number of carbonyl (C=O) groups excluding carboxylic acids is 1. The fourth-order valence-electron chi connectivity index (χ4n) is 2.14. The number of hydrogen-bond donors (Lipinski definition) is 4. The summed E-state index contributed by atoms with van der Waals surface area (Å²) in [5.74, 6) is -1.53. The average molecular weight is 253 g/mol. The third-order valence-corrected chi connectivity index (χ3v) is 3.06. The van der Waals surface area contributed by atoms with Crippen LogP contribution in [0.2, 0.25) is 0 Å². The lowest BCUT2D eigenvalue weighted by Gasteiger charge is -2.11. The molecule has 98 valence electrons. The van der Waals surface area contributed by atoms with E-state index in [4.69, 9.17) is 5.11 Å². The van der Waals surface area contributed by atoms with Gasteiger partial charge < -0.3 is 20.6 Å². The van der Waals surface area contributed by atoms with Crippen molar-refractivity contribution in [2.24, 2.45) is 0 Å². The normalized spacial score (nSPS) is 15.8. The Labute approximate surface area is 104 Å². The minimum Gasteiger partial charge on any atom is -0.501 e. The van der Waals surface area contributed by atoms with E-state index in [1.165, 1.54) is 0 Å². The van der Waals surface area contributed by atoms with Gasteiger partial charge in [0.05, 0.1) is 0 Å². The molecule has 0 bridgehead atoms. The van der Waals surface area contributed by atoms with E-state index in [-0.39, 0.29) is 11.6 Å². The van der Waals surface area contributed by atoms with Gasteiger partial charge >= 0.3 is 0 Å². The lowest BCUT2D eigenvalue weighted by molar-refractivity contribution is 0.0900. The molecule has 1 amide bonds. The van der Waals surface area contributed by atoms with E-state index in [0.717, 1.165) is 25.7 Å². The van der Waals surface area contributed by atoms with Crippen LogP contribution in [0.15, 0.2) is 0 Å². The second-order valence-electron chi connectivity index (χ2n) is 4.25. The van der Waals surface area contributed by atoms with Gasteiger partial charge in [-0.25, -0.2) is 4.98 Å². The maximum atomic E-state index is 11.6. The highest BCUT2D eigenvalue weighted by molar-refractivity contribution is 5.95. The molecule has 0 aliphatic heterocycles. The highest BCUT2D eigenvalue weighted by atomic mass is 16.3. The number of hydrogen-bond acceptors (Lipinski definition) is 6. The first-order chi connectivity index (χ1) is 8.63. The number of carbonyl (C=O) groups is 1. The molecular formula is C11H15N3O4. The van der Waals surface area contributed by atoms with Crippen LogP contribution in [0.5, 0.6) is 11.6 Å². The molecule has 1 aliphatic rings. The molecule has 0 spiro atoms. The zero-order valence-corrected chi connectivity index (χ0v) is 9.76. The zero-order chi connectivity index (χ0) is 13.1. The summed E-state index contributed by atoms with van der Waals surface area (Å²) in [4.78, 5) is 19.4. The van der Waals surface area contributed by atoms with Crippen molar-refractivity contribution in [3.63, 3.8) is 0 Å². The molecule has 0 atom stereocenters. The van der Waals surface area contributed by atoms with Crippen molar-refractivity contribution < 1.29 is 20.1 Å². The van der Waals surface area contributed by atoms with Gasteiger partial charge in [0.15, 0.2) is 5.69 Å². The molecule has 1 fully saturated rings. The van der Waals surface area contributed by atoms with E-state index in [1.54, 1.807) is 0 Å². The molecule has 4 N–H and O–H groups in total. The predicted octanol–water partition coefficient (Wildman–Crippen LogP) is 0.225. The average Bonchev–Trinajstić information content (AvgIpc) is 2.86. The second-order valence-corrected chi connectivity index (χ2v) is 4.25. The number of nitrogens with one attached hydrogen (secondary N) is 1. The van der Waals surface area contributed by atoms with Gasteiger partial charge in [-0.1, -0.05) is 12.8 Å². The monoisotopic (exact) mass is 253 g/mol. The first-order valence-corrected chi connectivity index (χ1v) is 5.82. The number of aromatic nitrogens is 2. The summed E-state index contributed by atoms with van der Waals surface area (Å²) in [5, 5.41) is 29.8. The molecule has 7 nitrogen and oxygen atoms in total. The van der Waals surface area contributed by atoms with Crippen molar-refractivity contribution in [2.45, 2.75) is 31.6 Å². The first kappa shape index (κ1) is 12.6. The highest BCUT2D eigenvalue weighted by Crippen LogP contribution is 2.35. The van der Waals surface area contributed by atoms with Crippen LogP contribution < -0.4 is 5.32 Å². The molecule has 1 aromatic heterocycles. The molecule has 0 radical (unpaired) electrons. The topological polar surface area (TPSA) is 116 Å². The number of aromatic hydroxyl groups is 2. The van der Waals surface area contributed by atoms with Gasteiger partial charge in [0, 0.05) is 5.92 Å². The van der Waals surface area contributed by atoms with Crippen LogP contribution in [-0.4, -0.2) is 37.9 Å². The second kappa shape index (κ2) is 5.18. The SMILES string of the molecule is O=C(NCO)c1nc(C2CCCC2)nc(O)c1O. The molecule has 1 aromatic rings. The maximum Gasteiger partial charge on any atom is 0.275 e. The van der Waals surface area contributed by atoms with Crippen molar-refractivity contribution in [1.82, 2.24) is 15.3 Å². The van der Waals surface area contributed by atoms with Crippen LogP contribution in [0.1, 0.15) is 47.9 Å². The van der Waals surface area contributed by atoms with Crippen LogP contribution in [0.3, 0.4) is 0 Å². The Morgan fingerprint density at radius 2 is 1.94 bits per heavy atom. The molecular weight excluding hydrogens is 238 g/mol. The molecule has 0 aromatic carbocycles. The van der Waals surface area contributed by atoms with Gasteiger partial charge in [-0.15, -0.1) is 0 Å². The molecule has 1 aliphatic carbocycles. The Morgan fingerprint density at radius 1 is 1.28 bits per heavy atom. The summed E-state index contributed by atoms with van der Waals surface area (Å²) >= 11 is 0. The highest BCUT2D eigenvalue weighted by Gasteiger charge is 2.25. The van der Waals surface area contributed by atoms with Crippen molar-refractivity contribution in [3.05, 3.63) is 11.5 Å². The Balaban J connectivity index is 2.35. The van der Waals surface area contributed by atoms with Crippen molar-refractivity contribution in [1.29, 1.82) is 0 Å². The summed E-state index contributed by atoms with van der Waals surface area (Å²) in [5.41, 5.74) is -0.307. The third kappa shape index (κ3) is 2.35. The summed E-state index contributed by atoms with van der Waals surface area (Å²) in [6, 6.07) is 0. The van der Waals surface area contributed by atoms with Gasteiger partial charge in [0.1, 0.15) is 12.6 Å². The standard InChI is InChI=1S/C11H15N3O4/c15-5-12-10(17)7-8(16)11(18)14-9(13-7)6-3-1-2-4-6/h6,15-16H,1-5H2,(H,12,17)(H,13,14,18). The summed E-state index contributed by atoms with van der Waals surface area (Å²) in [6.07, 6.45) is 3.94. The van der Waals surface area contributed by atoms with Crippen LogP contribution in [0, 0.1) is 0 Å². The summed E-state index contributed by atoms with van der Waals surface area (Å²) < 4.78 is 0. The quantitative estimate of drug-likeness (QED) is 0.573. The zero-order valence-electron chi connectivity index (χ0n) is 9.76. The van der Waals surface area contributed by atoms with E-state index in [2.05, 4.69) is 15.3 Å². The third-order valence-electron chi connectivity index (χ3n) is 3.06. The Bertz CT molecular complexity index is 458. The predicted molar refractivity (Wildman–Crippen MR) is 61.1 cm³/mol. The van der Waals surface area contributed by atoms with Gasteiger partial charge in [-0.2, -0.15) is 4.98 Å². The number of aliphatic hydroxyl groups excluding tert-OH is 1. The van der Waals surface area contributed by atoms with Crippen LogP contribution >= 0.6 is 0 Å². The molecule has 1 heterocycles. The molecule has 0 saturated heterocycles. The lowest BCUT2D eigenvalue weighted by Crippen LogP contribution is -2.26. The molecule has 0 unspecified atom stereocenters. The van der Waals surface area contributed by atoms with Crippen LogP contribution in [-0.2, 0) is 0 Å². The number of aliphatic hydroxyl groups is 1. The fraction of sp³-hybridized carbons (Fsp3) is 0.545. The van der Waals surface area contributed by atoms with Crippen molar-refractivity contribution in [2.75, 3.05) is 6.73 Å². The summed E-state index contributed by atoms with van der Waals surface area (Å²) in [7, 11) is 0. The Morgan fingerprint density at radius 3 is 2.56 bits per heavy atom. The van der Waals surface area contributed by atoms with E-state index in [9.17, 15) is 15.0 Å². The molecule has 7 heteroatoms. The minimum atomic E-state index is -0.744. The Hall–Kier alpha value is -1.89. The Kier molecular flexibility index (Phi) is 3.61. The van der Waals surface area contributed by atoms with Gasteiger partial charge in [-0.3, -0.25) is 4.79 Å². The van der Waals surface area contributed by atoms with E-state index >= 15 is 0 Å². The van der Waals surface area contributed by atoms with E-state index < -0.39 is 24.3 Å². The first-order valence-electron chi connectivity index (χ1n) is 5.82. The van der Waals surface area contributed by atoms with Gasteiger partial charge in [0.25, 0.3) is 11.8 Å². The fourth-order valence-corrected chi connectivity index (χ4v) is 2.14. The van der Waals surface area contributed by atoms with Crippen LogP contribution in [0.4, 0.5) is 0 Å². The number of amides is 1. The molecule has 2 rings (SSSR count). The van der Waals surface area contributed by atoms with Crippen LogP contribution in [0.25, 0.3) is 0 Å². The smallest absolute Gasteiger partial charge is 0.275 e. The van der Waals surface area contributed by atoms with Gasteiger partial charge in [0.2, 0.25) is 5.75 Å². The van der Waals surface area contributed by atoms with Crippen molar-refractivity contribution >= 4 is 5.91 Å². The lowest BCUT2D eigenvalue weighted by atomic mass is 10.1. The summed E-state index contributed by atoms with van der Waals surface area (Å²) in [6.45, 7) is -0.568. The van der Waals surface area contributed by atoms with Crippen molar-refractivity contribution in [3.8, 4) is 11.6 Å². The molecule has 18 heavy (non-hydrogen) atoms. The van der Waals surface area contributed by atoms with E-state index in [1.807, 2.05) is 0 Å². The number of nitrogens with zero attached hydrogens (tertiary/aromatic N) is 2. The molecule has 1 saturated carbocycles. The van der Waals surface area contributed by atoms with Gasteiger partial charge in [-0.05, 0) is 12.8 Å². The maximum absolute atomic E-state index is 11.6. The largest absolute Gasteiger partial charge is 0.501 e. The van der Waals surface area contributed by atoms with E-state index in [0.29, 0.717) is 5.82 Å². The minimum absolute atomic E-state index is 0.108. The number of rotatable bonds is 3.